The number of aliphatic carboxylic acids is 1. The van der Waals surface area contributed by atoms with Crippen molar-refractivity contribution in [1.82, 2.24) is 10.2 Å². The van der Waals surface area contributed by atoms with Crippen LogP contribution in [0.15, 0.2) is 0 Å². The van der Waals surface area contributed by atoms with Crippen LogP contribution in [0.4, 0.5) is 4.79 Å². The first-order chi connectivity index (χ1) is 9.95. The van der Waals surface area contributed by atoms with E-state index in [4.69, 9.17) is 4.74 Å². The van der Waals surface area contributed by atoms with E-state index >= 15 is 0 Å². The van der Waals surface area contributed by atoms with E-state index in [2.05, 4.69) is 5.32 Å². The van der Waals surface area contributed by atoms with Crippen LogP contribution >= 0.6 is 0 Å². The molecule has 0 saturated carbocycles. The van der Waals surface area contributed by atoms with Crippen molar-refractivity contribution in [3.05, 3.63) is 0 Å². The number of urea groups is 1. The lowest BCUT2D eigenvalue weighted by molar-refractivity contribution is -0.149. The van der Waals surface area contributed by atoms with Gasteiger partial charge in [0.15, 0.2) is 0 Å². The van der Waals surface area contributed by atoms with E-state index in [-0.39, 0.29) is 12.6 Å². The van der Waals surface area contributed by atoms with Gasteiger partial charge in [-0.1, -0.05) is 13.8 Å². The van der Waals surface area contributed by atoms with Crippen molar-refractivity contribution in [3.63, 3.8) is 0 Å². The third-order valence-corrected chi connectivity index (χ3v) is 4.60. The van der Waals surface area contributed by atoms with Crippen LogP contribution in [0.2, 0.25) is 0 Å². The number of hydrogen-bond acceptors (Lipinski definition) is 3. The molecule has 0 bridgehead atoms. The first-order valence-corrected chi connectivity index (χ1v) is 7.75. The Morgan fingerprint density at radius 3 is 2.33 bits per heavy atom. The van der Waals surface area contributed by atoms with E-state index in [0.29, 0.717) is 25.3 Å². The van der Waals surface area contributed by atoms with Crippen molar-refractivity contribution < 1.29 is 19.4 Å². The van der Waals surface area contributed by atoms with Gasteiger partial charge in [-0.3, -0.25) is 4.79 Å². The third-order valence-electron chi connectivity index (χ3n) is 4.60. The summed E-state index contributed by atoms with van der Waals surface area (Å²) < 4.78 is 5.31. The number of amides is 2. The van der Waals surface area contributed by atoms with Crippen LogP contribution < -0.4 is 5.32 Å². The zero-order chi connectivity index (χ0) is 15.9. The molecule has 0 spiro atoms. The predicted octanol–water partition coefficient (Wildman–Crippen LogP) is 1.95. The molecule has 1 saturated heterocycles. The molecule has 2 N–H and O–H groups in total. The highest BCUT2D eigenvalue weighted by Crippen LogP contribution is 2.25. The van der Waals surface area contributed by atoms with Gasteiger partial charge in [0, 0.05) is 33.4 Å². The number of rotatable bonds is 7. The maximum absolute atomic E-state index is 12.1. The van der Waals surface area contributed by atoms with Crippen molar-refractivity contribution >= 4 is 12.0 Å². The maximum Gasteiger partial charge on any atom is 0.317 e. The van der Waals surface area contributed by atoms with Crippen LogP contribution in [-0.4, -0.2) is 55.4 Å². The quantitative estimate of drug-likeness (QED) is 0.753. The Labute approximate surface area is 126 Å². The van der Waals surface area contributed by atoms with Crippen molar-refractivity contribution in [3.8, 4) is 0 Å². The molecule has 0 aromatic rings. The van der Waals surface area contributed by atoms with Crippen LogP contribution in [0.25, 0.3) is 0 Å². The number of hydrogen-bond donors (Lipinski definition) is 2. The molecule has 6 nitrogen and oxygen atoms in total. The summed E-state index contributed by atoms with van der Waals surface area (Å²) in [6, 6.07) is -0.200. The monoisotopic (exact) mass is 300 g/mol. The smallest absolute Gasteiger partial charge is 0.317 e. The Morgan fingerprint density at radius 1 is 1.29 bits per heavy atom. The average molecular weight is 300 g/mol. The number of nitrogens with one attached hydrogen (secondary N) is 1. The molecular formula is C15H28N2O4. The molecule has 0 unspecified atom stereocenters. The van der Waals surface area contributed by atoms with Crippen molar-refractivity contribution in [2.24, 2.45) is 11.3 Å². The van der Waals surface area contributed by atoms with E-state index in [1.54, 1.807) is 11.9 Å². The minimum Gasteiger partial charge on any atom is -0.481 e. The number of nitrogens with zero attached hydrogens (tertiary/aromatic N) is 1. The predicted molar refractivity (Wildman–Crippen MR) is 80.2 cm³/mol. The molecule has 1 aliphatic heterocycles. The average Bonchev–Trinajstić information content (AvgIpc) is 2.49. The van der Waals surface area contributed by atoms with Gasteiger partial charge in [0.1, 0.15) is 0 Å². The van der Waals surface area contributed by atoms with Gasteiger partial charge >= 0.3 is 12.0 Å². The van der Waals surface area contributed by atoms with E-state index in [1.807, 2.05) is 13.8 Å². The molecule has 1 fully saturated rings. The van der Waals surface area contributed by atoms with Gasteiger partial charge in [-0.05, 0) is 31.6 Å². The Morgan fingerprint density at radius 2 is 1.86 bits per heavy atom. The Balaban J connectivity index is 2.45. The summed E-state index contributed by atoms with van der Waals surface area (Å²) in [5, 5.41) is 12.1. The summed E-state index contributed by atoms with van der Waals surface area (Å²) >= 11 is 0. The van der Waals surface area contributed by atoms with Crippen LogP contribution in [0.1, 0.15) is 39.5 Å². The molecule has 1 aliphatic rings. The maximum atomic E-state index is 12.1. The van der Waals surface area contributed by atoms with Crippen LogP contribution in [0.3, 0.4) is 0 Å². The molecule has 0 aromatic heterocycles. The number of carboxylic acid groups (broad SMARTS) is 1. The van der Waals surface area contributed by atoms with Gasteiger partial charge in [-0.15, -0.1) is 0 Å². The molecule has 1 rings (SSSR count). The number of carbonyl (C=O) groups excluding carboxylic acids is 1. The molecule has 2 amide bonds. The lowest BCUT2D eigenvalue weighted by Crippen LogP contribution is -2.47. The number of ether oxygens (including phenoxy) is 1. The first kappa shape index (κ1) is 17.8. The van der Waals surface area contributed by atoms with Crippen LogP contribution in [0, 0.1) is 11.3 Å². The van der Waals surface area contributed by atoms with Gasteiger partial charge in [0.2, 0.25) is 0 Å². The fraction of sp³-hybridized carbons (Fsp3) is 0.867. The lowest BCUT2D eigenvalue weighted by atomic mass is 9.82. The molecular weight excluding hydrogens is 272 g/mol. The van der Waals surface area contributed by atoms with Crippen molar-refractivity contribution in [2.45, 2.75) is 39.5 Å². The molecule has 0 aromatic carbocycles. The molecule has 0 atom stereocenters. The van der Waals surface area contributed by atoms with E-state index < -0.39 is 11.4 Å². The van der Waals surface area contributed by atoms with Crippen molar-refractivity contribution in [2.75, 3.05) is 33.4 Å². The standard InChI is InChI=1S/C15H28N2O4/c1-4-15(5-2,13(18)19)11-16-14(20)17(3)10-12-6-8-21-9-7-12/h12H,4-11H2,1-3H3,(H,16,20)(H,18,19). The van der Waals surface area contributed by atoms with E-state index in [0.717, 1.165) is 26.1 Å². The zero-order valence-electron chi connectivity index (χ0n) is 13.4. The van der Waals surface area contributed by atoms with Gasteiger partial charge in [0.25, 0.3) is 0 Å². The van der Waals surface area contributed by atoms with E-state index in [9.17, 15) is 14.7 Å². The van der Waals surface area contributed by atoms with Gasteiger partial charge in [-0.2, -0.15) is 0 Å². The fourth-order valence-corrected chi connectivity index (χ4v) is 2.66. The minimum atomic E-state index is -0.866. The zero-order valence-corrected chi connectivity index (χ0v) is 13.4. The van der Waals surface area contributed by atoms with Gasteiger partial charge in [-0.25, -0.2) is 4.79 Å². The normalized spacial score (nSPS) is 16.5. The fourth-order valence-electron chi connectivity index (χ4n) is 2.66. The number of carbonyl (C=O) groups is 2. The topological polar surface area (TPSA) is 78.9 Å². The summed E-state index contributed by atoms with van der Waals surface area (Å²) in [6.07, 6.45) is 2.95. The highest BCUT2D eigenvalue weighted by atomic mass is 16.5. The van der Waals surface area contributed by atoms with Gasteiger partial charge in [0.05, 0.1) is 5.41 Å². The van der Waals surface area contributed by atoms with Crippen LogP contribution in [0.5, 0.6) is 0 Å². The summed E-state index contributed by atoms with van der Waals surface area (Å²) in [7, 11) is 1.76. The molecule has 6 heteroatoms. The highest BCUT2D eigenvalue weighted by molar-refractivity contribution is 5.78. The Kier molecular flexibility index (Phi) is 6.95. The first-order valence-electron chi connectivity index (χ1n) is 7.75. The summed E-state index contributed by atoms with van der Waals surface area (Å²) in [5.41, 5.74) is -0.866. The highest BCUT2D eigenvalue weighted by Gasteiger charge is 2.35. The van der Waals surface area contributed by atoms with Crippen LogP contribution in [-0.2, 0) is 9.53 Å². The minimum absolute atomic E-state index is 0.173. The largest absolute Gasteiger partial charge is 0.481 e. The molecule has 0 radical (unpaired) electrons. The Hall–Kier alpha value is -1.30. The van der Waals surface area contributed by atoms with Crippen molar-refractivity contribution in [1.29, 1.82) is 0 Å². The summed E-state index contributed by atoms with van der Waals surface area (Å²) in [6.45, 7) is 6.06. The number of carboxylic acids is 1. The van der Waals surface area contributed by atoms with Gasteiger partial charge < -0.3 is 20.1 Å². The molecule has 0 aliphatic carbocycles. The second-order valence-electron chi connectivity index (χ2n) is 5.89. The Bertz CT molecular complexity index is 350. The lowest BCUT2D eigenvalue weighted by Gasteiger charge is -2.30. The second-order valence-corrected chi connectivity index (χ2v) is 5.89. The van der Waals surface area contributed by atoms with E-state index in [1.165, 1.54) is 0 Å². The molecule has 21 heavy (non-hydrogen) atoms. The second kappa shape index (κ2) is 8.22. The SMILES string of the molecule is CCC(CC)(CNC(=O)N(C)CC1CCOCC1)C(=O)O. The third kappa shape index (κ3) is 4.88. The summed E-state index contributed by atoms with van der Waals surface area (Å²) in [5.74, 6) is -0.379. The molecule has 122 valence electrons. The molecule has 1 heterocycles. The summed E-state index contributed by atoms with van der Waals surface area (Å²) in [4.78, 5) is 25.2.